The van der Waals surface area contributed by atoms with Gasteiger partial charge in [0, 0.05) is 0 Å². The molecule has 0 bridgehead atoms. The van der Waals surface area contributed by atoms with E-state index in [2.05, 4.69) is 91.0 Å². The fraction of sp³-hybridized carbons (Fsp3) is 0.143. The van der Waals surface area contributed by atoms with Crippen molar-refractivity contribution in [2.45, 2.75) is 18.1 Å². The SMILES string of the molecule is c1ccc(C[Si+](Cc2ccccc2)Cc2ccccc2)cc1. The molecule has 0 amide bonds. The fourth-order valence-electron chi connectivity index (χ4n) is 2.84. The van der Waals surface area contributed by atoms with Crippen LogP contribution in [0, 0.1) is 0 Å². The summed E-state index contributed by atoms with van der Waals surface area (Å²) in [6, 6.07) is 36.5. The zero-order chi connectivity index (χ0) is 15.0. The van der Waals surface area contributed by atoms with Gasteiger partial charge in [-0.25, -0.2) is 0 Å². The van der Waals surface area contributed by atoms with Crippen LogP contribution in [0.25, 0.3) is 0 Å². The molecule has 0 aliphatic rings. The highest BCUT2D eigenvalue weighted by Gasteiger charge is 2.28. The Morgan fingerprint density at radius 2 is 0.682 bits per heavy atom. The van der Waals surface area contributed by atoms with Crippen LogP contribution in [-0.2, 0) is 18.1 Å². The van der Waals surface area contributed by atoms with Gasteiger partial charge in [0.15, 0.2) is 0 Å². The van der Waals surface area contributed by atoms with E-state index in [0.29, 0.717) is 0 Å². The van der Waals surface area contributed by atoms with Crippen molar-refractivity contribution in [2.24, 2.45) is 0 Å². The van der Waals surface area contributed by atoms with Crippen molar-refractivity contribution in [3.63, 3.8) is 0 Å². The number of benzene rings is 3. The summed E-state index contributed by atoms with van der Waals surface area (Å²) in [5, 5.41) is 0. The highest BCUT2D eigenvalue weighted by atomic mass is 28.3. The summed E-state index contributed by atoms with van der Waals surface area (Å²) >= 11 is 0. The second-order valence-electron chi connectivity index (χ2n) is 5.74. The summed E-state index contributed by atoms with van der Waals surface area (Å²) < 4.78 is 0. The average molecular weight is 301 g/mol. The van der Waals surface area contributed by atoms with Crippen molar-refractivity contribution < 1.29 is 0 Å². The zero-order valence-electron chi connectivity index (χ0n) is 12.8. The van der Waals surface area contributed by atoms with Crippen molar-refractivity contribution in [3.8, 4) is 0 Å². The molecule has 0 heterocycles. The van der Waals surface area contributed by atoms with Gasteiger partial charge in [0.1, 0.15) is 0 Å². The molecule has 0 unspecified atom stereocenters. The topological polar surface area (TPSA) is 0 Å². The summed E-state index contributed by atoms with van der Waals surface area (Å²) in [4.78, 5) is 0. The van der Waals surface area contributed by atoms with Crippen molar-refractivity contribution in [1.29, 1.82) is 0 Å². The number of hydrogen-bond donors (Lipinski definition) is 0. The van der Waals surface area contributed by atoms with E-state index < -0.39 is 8.80 Å². The Morgan fingerprint density at radius 1 is 0.409 bits per heavy atom. The van der Waals surface area contributed by atoms with Crippen LogP contribution in [0.3, 0.4) is 0 Å². The summed E-state index contributed by atoms with van der Waals surface area (Å²) in [5.41, 5.74) is 4.43. The second-order valence-corrected chi connectivity index (χ2v) is 8.30. The molecule has 0 aliphatic heterocycles. The van der Waals surface area contributed by atoms with Gasteiger partial charge in [0.05, 0.1) is 18.1 Å². The van der Waals surface area contributed by atoms with E-state index in [0.717, 1.165) is 0 Å². The molecule has 3 aromatic rings. The molecule has 0 atom stereocenters. The van der Waals surface area contributed by atoms with Gasteiger partial charge in [-0.3, -0.25) is 0 Å². The smallest absolute Gasteiger partial charge is 0.0622 e. The van der Waals surface area contributed by atoms with Crippen LogP contribution < -0.4 is 0 Å². The highest BCUT2D eigenvalue weighted by Crippen LogP contribution is 2.13. The highest BCUT2D eigenvalue weighted by molar-refractivity contribution is 6.57. The maximum atomic E-state index is 2.26. The van der Waals surface area contributed by atoms with Gasteiger partial charge >= 0.3 is 8.80 Å². The first kappa shape index (κ1) is 14.8. The molecular formula is C21H21Si+. The minimum atomic E-state index is -0.502. The van der Waals surface area contributed by atoms with Gasteiger partial charge in [0.25, 0.3) is 0 Å². The van der Waals surface area contributed by atoms with Gasteiger partial charge < -0.3 is 0 Å². The van der Waals surface area contributed by atoms with Crippen LogP contribution in [0.5, 0.6) is 0 Å². The van der Waals surface area contributed by atoms with Crippen LogP contribution in [0.2, 0.25) is 0 Å². The maximum absolute atomic E-state index is 2.26. The third-order valence-corrected chi connectivity index (χ3v) is 6.62. The quantitative estimate of drug-likeness (QED) is 0.572. The van der Waals surface area contributed by atoms with E-state index in [4.69, 9.17) is 0 Å². The standard InChI is InChI=1S/C21H21Si/c1-4-10-19(11-5-1)16-22(17-20-12-6-2-7-13-20)18-21-14-8-3-9-15-21/h1-15H,16-18H2/q+1. The van der Waals surface area contributed by atoms with Crippen LogP contribution in [0.1, 0.15) is 16.7 Å². The summed E-state index contributed by atoms with van der Waals surface area (Å²) in [6.45, 7) is 0. The third kappa shape index (κ3) is 4.44. The van der Waals surface area contributed by atoms with Crippen molar-refractivity contribution in [2.75, 3.05) is 0 Å². The lowest BCUT2D eigenvalue weighted by Gasteiger charge is -2.05. The molecule has 22 heavy (non-hydrogen) atoms. The van der Waals surface area contributed by atoms with Gasteiger partial charge in [-0.1, -0.05) is 91.0 Å². The van der Waals surface area contributed by atoms with Crippen LogP contribution in [-0.4, -0.2) is 8.80 Å². The Bertz CT molecular complexity index is 563. The molecule has 0 fully saturated rings. The molecule has 3 aromatic carbocycles. The lowest BCUT2D eigenvalue weighted by Crippen LogP contribution is -2.24. The largest absolute Gasteiger partial charge is 0.328 e. The zero-order valence-corrected chi connectivity index (χ0v) is 13.8. The molecule has 0 N–H and O–H groups in total. The summed E-state index contributed by atoms with van der Waals surface area (Å²) in [5.74, 6) is 0. The van der Waals surface area contributed by atoms with E-state index in [1.807, 2.05) is 0 Å². The number of hydrogen-bond acceptors (Lipinski definition) is 0. The molecular weight excluding hydrogens is 280 g/mol. The normalized spacial score (nSPS) is 10.4. The molecule has 0 aliphatic carbocycles. The molecule has 0 spiro atoms. The average Bonchev–Trinajstić information content (AvgIpc) is 2.57. The Labute approximate surface area is 135 Å². The Balaban J connectivity index is 1.75. The summed E-state index contributed by atoms with van der Waals surface area (Å²) in [7, 11) is -0.502. The molecule has 108 valence electrons. The first-order valence-corrected chi connectivity index (χ1v) is 9.97. The van der Waals surface area contributed by atoms with Gasteiger partial charge in [-0.05, 0) is 16.7 Å². The first-order valence-electron chi connectivity index (χ1n) is 7.85. The molecule has 0 nitrogen and oxygen atoms in total. The minimum absolute atomic E-state index is 0.502. The van der Waals surface area contributed by atoms with Crippen molar-refractivity contribution in [1.82, 2.24) is 0 Å². The Hall–Kier alpha value is -2.12. The molecule has 0 saturated carbocycles. The predicted molar refractivity (Wildman–Crippen MR) is 96.2 cm³/mol. The number of rotatable bonds is 6. The summed E-state index contributed by atoms with van der Waals surface area (Å²) in [6.07, 6.45) is 0. The van der Waals surface area contributed by atoms with Crippen LogP contribution in [0.15, 0.2) is 91.0 Å². The van der Waals surface area contributed by atoms with Crippen molar-refractivity contribution >= 4 is 8.80 Å². The molecule has 1 heteroatoms. The monoisotopic (exact) mass is 301 g/mol. The maximum Gasteiger partial charge on any atom is 0.328 e. The van der Waals surface area contributed by atoms with Gasteiger partial charge in [-0.15, -0.1) is 0 Å². The second kappa shape index (κ2) is 7.76. The van der Waals surface area contributed by atoms with E-state index in [-0.39, 0.29) is 0 Å². The predicted octanol–water partition coefficient (Wildman–Crippen LogP) is 4.83. The van der Waals surface area contributed by atoms with Crippen molar-refractivity contribution in [3.05, 3.63) is 108 Å². The Morgan fingerprint density at radius 3 is 0.955 bits per heavy atom. The molecule has 0 aromatic heterocycles. The Kier molecular flexibility index (Phi) is 5.22. The van der Waals surface area contributed by atoms with E-state index >= 15 is 0 Å². The molecule has 0 saturated heterocycles. The first-order chi connectivity index (χ1) is 10.9. The fourth-order valence-corrected chi connectivity index (χ4v) is 5.66. The lowest BCUT2D eigenvalue weighted by atomic mass is 10.2. The molecule has 3 rings (SSSR count). The van der Waals surface area contributed by atoms with Crippen LogP contribution >= 0.6 is 0 Å². The van der Waals surface area contributed by atoms with E-state index in [1.54, 1.807) is 0 Å². The van der Waals surface area contributed by atoms with Gasteiger partial charge in [-0.2, -0.15) is 0 Å². The third-order valence-electron chi connectivity index (χ3n) is 3.89. The van der Waals surface area contributed by atoms with E-state index in [9.17, 15) is 0 Å². The van der Waals surface area contributed by atoms with Crippen LogP contribution in [0.4, 0.5) is 0 Å². The van der Waals surface area contributed by atoms with Gasteiger partial charge in [0.2, 0.25) is 0 Å². The molecule has 0 radical (unpaired) electrons. The van der Waals surface area contributed by atoms with E-state index in [1.165, 1.54) is 34.8 Å². The minimum Gasteiger partial charge on any atom is -0.0622 e. The lowest BCUT2D eigenvalue weighted by molar-refractivity contribution is 1.19.